The van der Waals surface area contributed by atoms with E-state index >= 15 is 0 Å². The van der Waals surface area contributed by atoms with Gasteiger partial charge in [-0.25, -0.2) is 4.79 Å². The molecule has 0 bridgehead atoms. The normalized spacial score (nSPS) is 13.7. The summed E-state index contributed by atoms with van der Waals surface area (Å²) in [7, 11) is 0. The molecule has 7 nitrogen and oxygen atoms in total. The number of unbranched alkanes of at least 4 members (excludes halogenated alkanes) is 1. The van der Waals surface area contributed by atoms with Crippen molar-refractivity contribution in [3.8, 4) is 0 Å². The van der Waals surface area contributed by atoms with Gasteiger partial charge in [0.2, 0.25) is 0 Å². The Morgan fingerprint density at radius 1 is 1.12 bits per heavy atom. The molecule has 0 aromatic rings. The van der Waals surface area contributed by atoms with Gasteiger partial charge in [-0.2, -0.15) is 0 Å². The van der Waals surface area contributed by atoms with E-state index in [1.807, 2.05) is 0 Å². The largest absolute Gasteiger partial charge is 0.481 e. The maximum Gasteiger partial charge on any atom is 0.333 e. The third-order valence-corrected chi connectivity index (χ3v) is 3.22. The van der Waals surface area contributed by atoms with Crippen molar-refractivity contribution in [1.82, 2.24) is 0 Å². The molecule has 0 radical (unpaired) electrons. The predicted octanol–water partition coefficient (Wildman–Crippen LogP) is 2.07. The van der Waals surface area contributed by atoms with Gasteiger partial charge in [0.05, 0.1) is 0 Å². The van der Waals surface area contributed by atoms with Crippen LogP contribution in [0, 0.1) is 5.41 Å². The molecule has 138 valence electrons. The third-order valence-electron chi connectivity index (χ3n) is 3.22. The molecule has 0 heterocycles. The minimum absolute atomic E-state index is 0.00113. The number of carboxylic acid groups (broad SMARTS) is 1. The van der Waals surface area contributed by atoms with Gasteiger partial charge in [0.1, 0.15) is 18.8 Å². The highest BCUT2D eigenvalue weighted by Gasteiger charge is 2.35. The first-order valence-electron chi connectivity index (χ1n) is 7.87. The summed E-state index contributed by atoms with van der Waals surface area (Å²) in [5.41, 5.74) is -0.342. The second-order valence-electron chi connectivity index (χ2n) is 6.82. The fraction of sp³-hybridized carbons (Fsp3) is 0.706. The molecule has 0 fully saturated rings. The Kier molecular flexibility index (Phi) is 9.28. The zero-order valence-electron chi connectivity index (χ0n) is 14.8. The molecule has 0 saturated carbocycles. The molecule has 0 aliphatic rings. The van der Waals surface area contributed by atoms with E-state index in [1.165, 1.54) is 6.92 Å². The number of hydrogen-bond donors (Lipinski definition) is 2. The van der Waals surface area contributed by atoms with Crippen LogP contribution < -0.4 is 0 Å². The van der Waals surface area contributed by atoms with Crippen LogP contribution in [0.2, 0.25) is 0 Å². The van der Waals surface area contributed by atoms with Gasteiger partial charge in [-0.15, -0.1) is 0 Å². The van der Waals surface area contributed by atoms with Crippen molar-refractivity contribution in [3.05, 3.63) is 12.2 Å². The van der Waals surface area contributed by atoms with Crippen molar-refractivity contribution in [1.29, 1.82) is 0 Å². The Morgan fingerprint density at radius 2 is 1.67 bits per heavy atom. The molecule has 0 aliphatic carbocycles. The van der Waals surface area contributed by atoms with Crippen molar-refractivity contribution in [2.75, 3.05) is 6.61 Å². The number of carbonyl (C=O) groups is 3. The summed E-state index contributed by atoms with van der Waals surface area (Å²) < 4.78 is 10.2. The van der Waals surface area contributed by atoms with Crippen molar-refractivity contribution < 1.29 is 34.1 Å². The number of hydrogen-bond acceptors (Lipinski definition) is 6. The first-order chi connectivity index (χ1) is 10.9. The monoisotopic (exact) mass is 344 g/mol. The van der Waals surface area contributed by atoms with Crippen LogP contribution >= 0.6 is 0 Å². The van der Waals surface area contributed by atoms with E-state index in [4.69, 9.17) is 14.6 Å². The predicted molar refractivity (Wildman–Crippen MR) is 87.2 cm³/mol. The SMILES string of the molecule is C=C(C)C(=O)OC(C(O)COC(=O)CCCCC(=O)O)C(C)(C)C. The number of rotatable bonds is 10. The molecule has 0 rings (SSSR count). The maximum atomic E-state index is 11.7. The highest BCUT2D eigenvalue weighted by Crippen LogP contribution is 2.26. The van der Waals surface area contributed by atoms with Crippen LogP contribution in [0.25, 0.3) is 0 Å². The van der Waals surface area contributed by atoms with Crippen LogP contribution in [0.1, 0.15) is 53.4 Å². The Hall–Kier alpha value is -1.89. The van der Waals surface area contributed by atoms with Gasteiger partial charge in [0.25, 0.3) is 0 Å². The van der Waals surface area contributed by atoms with Crippen LogP contribution in [-0.4, -0.2) is 46.9 Å². The van der Waals surface area contributed by atoms with Crippen LogP contribution in [-0.2, 0) is 23.9 Å². The molecule has 24 heavy (non-hydrogen) atoms. The number of ether oxygens (including phenoxy) is 2. The van der Waals surface area contributed by atoms with Crippen molar-refractivity contribution in [3.63, 3.8) is 0 Å². The summed E-state index contributed by atoms with van der Waals surface area (Å²) in [6.07, 6.45) is -1.18. The van der Waals surface area contributed by atoms with E-state index < -0.39 is 35.5 Å². The van der Waals surface area contributed by atoms with E-state index in [0.717, 1.165) is 0 Å². The van der Waals surface area contributed by atoms with Crippen molar-refractivity contribution in [2.24, 2.45) is 5.41 Å². The zero-order valence-corrected chi connectivity index (χ0v) is 14.8. The molecule has 0 spiro atoms. The number of esters is 2. The average molecular weight is 344 g/mol. The molecule has 0 aliphatic heterocycles. The minimum Gasteiger partial charge on any atom is -0.481 e. The van der Waals surface area contributed by atoms with Gasteiger partial charge in [-0.3, -0.25) is 9.59 Å². The summed E-state index contributed by atoms with van der Waals surface area (Å²) in [6.45, 7) is 10.1. The summed E-state index contributed by atoms with van der Waals surface area (Å²) in [5.74, 6) is -2.06. The van der Waals surface area contributed by atoms with Gasteiger partial charge < -0.3 is 19.7 Å². The average Bonchev–Trinajstić information content (AvgIpc) is 2.44. The van der Waals surface area contributed by atoms with Gasteiger partial charge in [-0.05, 0) is 19.8 Å². The lowest BCUT2D eigenvalue weighted by molar-refractivity contribution is -0.167. The summed E-state index contributed by atoms with van der Waals surface area (Å²) in [6, 6.07) is 0. The number of carbonyl (C=O) groups excluding carboxylic acids is 2. The molecule has 0 aromatic carbocycles. The Balaban J connectivity index is 4.43. The molecular formula is C17H28O7. The van der Waals surface area contributed by atoms with Crippen molar-refractivity contribution >= 4 is 17.9 Å². The summed E-state index contributed by atoms with van der Waals surface area (Å²) in [5, 5.41) is 18.7. The quantitative estimate of drug-likeness (QED) is 0.354. The van der Waals surface area contributed by atoms with Crippen LogP contribution in [0.15, 0.2) is 12.2 Å². The number of aliphatic hydroxyl groups excluding tert-OH is 1. The highest BCUT2D eigenvalue weighted by molar-refractivity contribution is 5.87. The molecule has 0 amide bonds. The van der Waals surface area contributed by atoms with E-state index in [9.17, 15) is 19.5 Å². The Morgan fingerprint density at radius 3 is 2.12 bits per heavy atom. The van der Waals surface area contributed by atoms with Gasteiger partial charge in [0, 0.05) is 23.8 Å². The molecule has 0 saturated heterocycles. The number of aliphatic hydroxyl groups is 1. The highest BCUT2D eigenvalue weighted by atomic mass is 16.6. The zero-order chi connectivity index (χ0) is 18.9. The Bertz CT molecular complexity index is 462. The fourth-order valence-electron chi connectivity index (χ4n) is 1.93. The van der Waals surface area contributed by atoms with E-state index in [1.54, 1.807) is 20.8 Å². The van der Waals surface area contributed by atoms with Gasteiger partial charge in [0.15, 0.2) is 0 Å². The number of aliphatic carboxylic acids is 1. The van der Waals surface area contributed by atoms with E-state index in [-0.39, 0.29) is 25.0 Å². The lowest BCUT2D eigenvalue weighted by atomic mass is 9.85. The van der Waals surface area contributed by atoms with E-state index in [0.29, 0.717) is 12.8 Å². The maximum absolute atomic E-state index is 11.7. The standard InChI is InChI=1S/C17H28O7/c1-11(2)16(22)24-15(17(3,4)5)12(18)10-23-14(21)9-7-6-8-13(19)20/h12,15,18H,1,6-10H2,2-5H3,(H,19,20). The second kappa shape index (κ2) is 10.1. The first kappa shape index (κ1) is 22.1. The van der Waals surface area contributed by atoms with Crippen molar-refractivity contribution in [2.45, 2.75) is 65.6 Å². The summed E-state index contributed by atoms with van der Waals surface area (Å²) in [4.78, 5) is 33.6. The lowest BCUT2D eigenvalue weighted by Crippen LogP contribution is -2.44. The third kappa shape index (κ3) is 9.29. The van der Waals surface area contributed by atoms with Crippen LogP contribution in [0.4, 0.5) is 0 Å². The smallest absolute Gasteiger partial charge is 0.333 e. The van der Waals surface area contributed by atoms with E-state index in [2.05, 4.69) is 6.58 Å². The summed E-state index contributed by atoms with van der Waals surface area (Å²) >= 11 is 0. The molecule has 2 N–H and O–H groups in total. The topological polar surface area (TPSA) is 110 Å². The molecule has 0 aromatic heterocycles. The fourth-order valence-corrected chi connectivity index (χ4v) is 1.93. The Labute approximate surface area is 142 Å². The molecular weight excluding hydrogens is 316 g/mol. The van der Waals surface area contributed by atoms with Crippen LogP contribution in [0.5, 0.6) is 0 Å². The van der Waals surface area contributed by atoms with Gasteiger partial charge >= 0.3 is 17.9 Å². The minimum atomic E-state index is -1.17. The second-order valence-corrected chi connectivity index (χ2v) is 6.82. The van der Waals surface area contributed by atoms with Gasteiger partial charge in [-0.1, -0.05) is 27.4 Å². The molecule has 7 heteroatoms. The molecule has 2 atom stereocenters. The first-order valence-corrected chi connectivity index (χ1v) is 7.87. The number of carboxylic acids is 1. The lowest BCUT2D eigenvalue weighted by Gasteiger charge is -2.33. The van der Waals surface area contributed by atoms with Crippen LogP contribution in [0.3, 0.4) is 0 Å². The molecule has 2 unspecified atom stereocenters.